The Labute approximate surface area is 169 Å². The Balaban J connectivity index is 1.79. The van der Waals surface area contributed by atoms with Crippen LogP contribution in [-0.4, -0.2) is 48.6 Å². The summed E-state index contributed by atoms with van der Waals surface area (Å²) >= 11 is 0. The first-order valence-electron chi connectivity index (χ1n) is 9.15. The second-order valence-electron chi connectivity index (χ2n) is 6.43. The molecule has 0 spiro atoms. The molecular formula is C19H18FN7O3. The van der Waals surface area contributed by atoms with Gasteiger partial charge in [0, 0.05) is 12.7 Å². The van der Waals surface area contributed by atoms with E-state index in [4.69, 9.17) is 4.74 Å². The lowest BCUT2D eigenvalue weighted by molar-refractivity contribution is -0.120. The zero-order valence-electron chi connectivity index (χ0n) is 16.2. The number of hydrogen-bond donors (Lipinski definition) is 2. The van der Waals surface area contributed by atoms with Gasteiger partial charge in [0.2, 0.25) is 5.95 Å². The average molecular weight is 411 g/mol. The highest BCUT2D eigenvalue weighted by atomic mass is 19.1. The lowest BCUT2D eigenvalue weighted by Gasteiger charge is -2.09. The molecule has 0 unspecified atom stereocenters. The predicted octanol–water partition coefficient (Wildman–Crippen LogP) is 1.72. The fourth-order valence-electron chi connectivity index (χ4n) is 2.90. The molecule has 3 heterocycles. The monoisotopic (exact) mass is 411 g/mol. The first-order chi connectivity index (χ1) is 14.5. The van der Waals surface area contributed by atoms with Crippen molar-refractivity contribution in [1.82, 2.24) is 29.5 Å². The quantitative estimate of drug-likeness (QED) is 0.499. The minimum Gasteiger partial charge on any atom is -0.372 e. The van der Waals surface area contributed by atoms with Gasteiger partial charge in [0.25, 0.3) is 11.5 Å². The maximum Gasteiger partial charge on any atom is 0.263 e. The average Bonchev–Trinajstić information content (AvgIpc) is 3.30. The Morgan fingerprint density at radius 2 is 2.03 bits per heavy atom. The Bertz CT molecular complexity index is 1270. The number of nitrogens with zero attached hydrogens (tertiary/aromatic N) is 5. The summed E-state index contributed by atoms with van der Waals surface area (Å²) in [6, 6.07) is 7.29. The zero-order chi connectivity index (χ0) is 21.3. The first-order valence-corrected chi connectivity index (χ1v) is 9.15. The lowest BCUT2D eigenvalue weighted by atomic mass is 10.3. The highest BCUT2D eigenvalue weighted by Crippen LogP contribution is 2.18. The molecule has 0 bridgehead atoms. The third-order valence-electron chi connectivity index (χ3n) is 4.23. The fraction of sp³-hybridized carbons (Fsp3) is 0.211. The van der Waals surface area contributed by atoms with Crippen molar-refractivity contribution in [1.29, 1.82) is 0 Å². The first kappa shape index (κ1) is 19.5. The van der Waals surface area contributed by atoms with Crippen molar-refractivity contribution in [2.24, 2.45) is 0 Å². The van der Waals surface area contributed by atoms with Gasteiger partial charge < -0.3 is 10.1 Å². The second-order valence-corrected chi connectivity index (χ2v) is 6.43. The molecule has 2 N–H and O–H groups in total. The number of aryl methyl sites for hydroxylation is 1. The molecule has 154 valence electrons. The van der Waals surface area contributed by atoms with E-state index >= 15 is 0 Å². The van der Waals surface area contributed by atoms with Crippen LogP contribution in [0.25, 0.3) is 22.7 Å². The van der Waals surface area contributed by atoms with Gasteiger partial charge in [-0.2, -0.15) is 19.9 Å². The number of ether oxygens (including phenoxy) is 1. The van der Waals surface area contributed by atoms with E-state index in [-0.39, 0.29) is 35.3 Å². The Morgan fingerprint density at radius 1 is 1.27 bits per heavy atom. The molecule has 0 saturated carbocycles. The fourth-order valence-corrected chi connectivity index (χ4v) is 2.90. The summed E-state index contributed by atoms with van der Waals surface area (Å²) in [5.41, 5.74) is 0.983. The van der Waals surface area contributed by atoms with Gasteiger partial charge in [-0.3, -0.25) is 14.6 Å². The van der Waals surface area contributed by atoms with Crippen LogP contribution in [0.5, 0.6) is 0 Å². The summed E-state index contributed by atoms with van der Waals surface area (Å²) in [5.74, 6) is -0.331. The smallest absolute Gasteiger partial charge is 0.263 e. The van der Waals surface area contributed by atoms with Crippen molar-refractivity contribution in [3.8, 4) is 11.6 Å². The lowest BCUT2D eigenvalue weighted by Crippen LogP contribution is -2.22. The summed E-state index contributed by atoms with van der Waals surface area (Å²) in [6.45, 7) is 3.83. The van der Waals surface area contributed by atoms with Gasteiger partial charge in [0.15, 0.2) is 5.65 Å². The number of benzene rings is 1. The molecule has 1 amide bonds. The summed E-state index contributed by atoms with van der Waals surface area (Å²) in [4.78, 5) is 31.8. The molecule has 10 nitrogen and oxygen atoms in total. The number of carbonyl (C=O) groups excluding carboxylic acids is 1. The van der Waals surface area contributed by atoms with Gasteiger partial charge in [0.05, 0.1) is 17.6 Å². The number of nitrogens with one attached hydrogen (secondary N) is 2. The number of aromatic nitrogens is 6. The summed E-state index contributed by atoms with van der Waals surface area (Å²) < 4.78 is 21.1. The second kappa shape index (κ2) is 7.87. The van der Waals surface area contributed by atoms with Crippen LogP contribution in [0.15, 0.2) is 41.3 Å². The van der Waals surface area contributed by atoms with E-state index in [0.29, 0.717) is 23.8 Å². The molecule has 0 fully saturated rings. The van der Waals surface area contributed by atoms with Crippen LogP contribution in [0.3, 0.4) is 0 Å². The van der Waals surface area contributed by atoms with E-state index < -0.39 is 5.56 Å². The molecule has 0 aliphatic heterocycles. The van der Waals surface area contributed by atoms with E-state index in [1.807, 2.05) is 0 Å². The molecule has 30 heavy (non-hydrogen) atoms. The number of anilines is 1. The number of amides is 1. The van der Waals surface area contributed by atoms with Crippen molar-refractivity contribution in [2.45, 2.75) is 13.8 Å². The summed E-state index contributed by atoms with van der Waals surface area (Å²) in [6.07, 6.45) is 1.38. The van der Waals surface area contributed by atoms with E-state index in [1.165, 1.54) is 39.8 Å². The maximum atomic E-state index is 13.3. The van der Waals surface area contributed by atoms with Gasteiger partial charge >= 0.3 is 0 Å². The van der Waals surface area contributed by atoms with Crippen LogP contribution < -0.4 is 10.9 Å². The number of aromatic amines is 1. The third-order valence-corrected chi connectivity index (χ3v) is 4.23. The van der Waals surface area contributed by atoms with Gasteiger partial charge in [-0.05, 0) is 38.1 Å². The Morgan fingerprint density at radius 3 is 2.77 bits per heavy atom. The molecule has 3 aromatic heterocycles. The number of fused-ring (bicyclic) bond motifs is 1. The maximum absolute atomic E-state index is 13.3. The standard InChI is InChI=1S/C19H18FN7O3/c1-3-30-10-16(28)22-15-8-11(2)25-27(15)19-23-17-14(18(29)24-19)9-21-26(17)13-6-4-12(20)5-7-13/h4-9H,3,10H2,1-2H3,(H,22,28)(H,23,24,29). The van der Waals surface area contributed by atoms with Crippen LogP contribution >= 0.6 is 0 Å². The number of H-pyrrole nitrogens is 1. The molecule has 4 aromatic rings. The SMILES string of the molecule is CCOCC(=O)Nc1cc(C)nn1-c1nc2c(cnn2-c2ccc(F)cc2)c(=O)[nH]1. The van der Waals surface area contributed by atoms with Crippen LogP contribution in [0.2, 0.25) is 0 Å². The largest absolute Gasteiger partial charge is 0.372 e. The molecular weight excluding hydrogens is 393 g/mol. The van der Waals surface area contributed by atoms with Crippen molar-refractivity contribution in [3.05, 3.63) is 58.4 Å². The molecule has 1 aromatic carbocycles. The van der Waals surface area contributed by atoms with E-state index in [0.717, 1.165) is 0 Å². The molecule has 0 aliphatic rings. The molecule has 0 aliphatic carbocycles. The van der Waals surface area contributed by atoms with Crippen LogP contribution in [-0.2, 0) is 9.53 Å². The highest BCUT2D eigenvalue weighted by Gasteiger charge is 2.17. The van der Waals surface area contributed by atoms with Gasteiger partial charge in [-0.25, -0.2) is 9.07 Å². The highest BCUT2D eigenvalue weighted by molar-refractivity contribution is 5.91. The number of carbonyl (C=O) groups is 1. The Hall–Kier alpha value is -3.86. The molecule has 0 saturated heterocycles. The number of rotatable bonds is 6. The van der Waals surface area contributed by atoms with Crippen LogP contribution in [0.4, 0.5) is 10.2 Å². The van der Waals surface area contributed by atoms with E-state index in [1.54, 1.807) is 19.9 Å². The number of halogens is 1. The van der Waals surface area contributed by atoms with Gasteiger partial charge in [-0.15, -0.1) is 0 Å². The van der Waals surface area contributed by atoms with Crippen molar-refractivity contribution in [3.63, 3.8) is 0 Å². The molecule has 0 atom stereocenters. The minimum absolute atomic E-state index is 0.0937. The third kappa shape index (κ3) is 3.70. The molecule has 11 heteroatoms. The van der Waals surface area contributed by atoms with E-state index in [9.17, 15) is 14.0 Å². The summed E-state index contributed by atoms with van der Waals surface area (Å²) in [5, 5.41) is 11.5. The van der Waals surface area contributed by atoms with Crippen LogP contribution in [0.1, 0.15) is 12.6 Å². The topological polar surface area (TPSA) is 120 Å². The van der Waals surface area contributed by atoms with Crippen molar-refractivity contribution >= 4 is 22.8 Å². The van der Waals surface area contributed by atoms with Crippen LogP contribution in [0, 0.1) is 12.7 Å². The van der Waals surface area contributed by atoms with Gasteiger partial charge in [0.1, 0.15) is 23.6 Å². The molecule has 4 rings (SSSR count). The zero-order valence-corrected chi connectivity index (χ0v) is 16.2. The normalized spacial score (nSPS) is 11.2. The van der Waals surface area contributed by atoms with Crippen molar-refractivity contribution < 1.29 is 13.9 Å². The van der Waals surface area contributed by atoms with E-state index in [2.05, 4.69) is 25.5 Å². The van der Waals surface area contributed by atoms with Crippen molar-refractivity contribution in [2.75, 3.05) is 18.5 Å². The Kier molecular flexibility index (Phi) is 5.11. The van der Waals surface area contributed by atoms with Gasteiger partial charge in [-0.1, -0.05) is 0 Å². The summed E-state index contributed by atoms with van der Waals surface area (Å²) in [7, 11) is 0. The molecule has 0 radical (unpaired) electrons. The predicted molar refractivity (Wildman–Crippen MR) is 106 cm³/mol. The minimum atomic E-state index is -0.428. The number of hydrogen-bond acceptors (Lipinski definition) is 6.